The minimum absolute atomic E-state index is 0.138. The standard InChI is InChI=1S/C27H33N3O3S/c1-19-6-5-7-20(2)25(19)26-21(3)24(18-30(26)13-12-29-14-16-33-17-15-29)27(31)28-22-8-10-23(11-9-22)34(4)32/h5-11,18H,12-17H2,1-4H3,(H,28,31). The molecule has 180 valence electrons. The van der Waals surface area contributed by atoms with Crippen molar-refractivity contribution in [3.05, 3.63) is 70.9 Å². The number of carbonyl (C=O) groups is 1. The van der Waals surface area contributed by atoms with Crippen molar-refractivity contribution in [1.29, 1.82) is 0 Å². The van der Waals surface area contributed by atoms with E-state index in [-0.39, 0.29) is 5.91 Å². The number of ether oxygens (including phenoxy) is 1. The van der Waals surface area contributed by atoms with Crippen LogP contribution in [0.15, 0.2) is 53.6 Å². The van der Waals surface area contributed by atoms with Crippen molar-refractivity contribution in [3.8, 4) is 11.3 Å². The van der Waals surface area contributed by atoms with Crippen molar-refractivity contribution >= 4 is 22.4 Å². The highest BCUT2D eigenvalue weighted by atomic mass is 32.2. The molecule has 0 saturated carbocycles. The first kappa shape index (κ1) is 24.4. The van der Waals surface area contributed by atoms with E-state index >= 15 is 0 Å². The molecule has 1 fully saturated rings. The molecule has 2 aromatic carbocycles. The van der Waals surface area contributed by atoms with Crippen molar-refractivity contribution in [2.24, 2.45) is 0 Å². The van der Waals surface area contributed by atoms with Crippen molar-refractivity contribution < 1.29 is 13.7 Å². The molecule has 1 saturated heterocycles. The maximum Gasteiger partial charge on any atom is 0.257 e. The summed E-state index contributed by atoms with van der Waals surface area (Å²) in [5.41, 5.74) is 7.02. The average Bonchev–Trinajstić information content (AvgIpc) is 3.15. The van der Waals surface area contributed by atoms with Crippen LogP contribution in [0, 0.1) is 20.8 Å². The highest BCUT2D eigenvalue weighted by Crippen LogP contribution is 2.33. The summed E-state index contributed by atoms with van der Waals surface area (Å²) in [6, 6.07) is 13.5. The Morgan fingerprint density at radius 2 is 1.65 bits per heavy atom. The van der Waals surface area contributed by atoms with Gasteiger partial charge >= 0.3 is 0 Å². The molecule has 0 aliphatic carbocycles. The Morgan fingerprint density at radius 3 is 2.26 bits per heavy atom. The predicted octanol–water partition coefficient (Wildman–Crippen LogP) is 4.40. The Hall–Kier alpha value is -2.74. The number of anilines is 1. The van der Waals surface area contributed by atoms with E-state index in [9.17, 15) is 9.00 Å². The number of rotatable bonds is 7. The van der Waals surface area contributed by atoms with E-state index < -0.39 is 10.8 Å². The molecule has 1 aromatic heterocycles. The normalized spacial score (nSPS) is 15.3. The fraction of sp³-hybridized carbons (Fsp3) is 0.370. The molecule has 1 aliphatic rings. The van der Waals surface area contributed by atoms with Gasteiger partial charge in [-0.25, -0.2) is 0 Å². The smallest absolute Gasteiger partial charge is 0.257 e. The molecule has 4 rings (SSSR count). The van der Waals surface area contributed by atoms with Gasteiger partial charge in [0.1, 0.15) is 0 Å². The van der Waals surface area contributed by atoms with E-state index in [1.54, 1.807) is 30.5 Å². The Bertz CT molecular complexity index is 1170. The van der Waals surface area contributed by atoms with Crippen molar-refractivity contribution in [3.63, 3.8) is 0 Å². The number of aryl methyl sites for hydroxylation is 2. The van der Waals surface area contributed by atoms with Gasteiger partial charge in [-0.1, -0.05) is 18.2 Å². The third-order valence-electron chi connectivity index (χ3n) is 6.50. The first-order valence-electron chi connectivity index (χ1n) is 11.7. The number of aromatic nitrogens is 1. The molecule has 34 heavy (non-hydrogen) atoms. The van der Waals surface area contributed by atoms with E-state index in [0.29, 0.717) is 11.3 Å². The number of hydrogen-bond acceptors (Lipinski definition) is 4. The maximum absolute atomic E-state index is 13.3. The van der Waals surface area contributed by atoms with Crippen molar-refractivity contribution in [2.45, 2.75) is 32.2 Å². The number of nitrogens with zero attached hydrogens (tertiary/aromatic N) is 2. The van der Waals surface area contributed by atoms with Gasteiger partial charge in [0.15, 0.2) is 0 Å². The highest BCUT2D eigenvalue weighted by Gasteiger charge is 2.22. The molecule has 1 amide bonds. The molecular weight excluding hydrogens is 446 g/mol. The van der Waals surface area contributed by atoms with Crippen LogP contribution in [0.4, 0.5) is 5.69 Å². The number of nitrogens with one attached hydrogen (secondary N) is 1. The third-order valence-corrected chi connectivity index (χ3v) is 7.43. The summed E-state index contributed by atoms with van der Waals surface area (Å²) >= 11 is 0. The molecule has 2 heterocycles. The SMILES string of the molecule is Cc1cccc(C)c1-c1c(C)c(C(=O)Nc2ccc(S(C)=O)cc2)cn1CCN1CCOCC1. The third kappa shape index (κ3) is 5.32. The van der Waals surface area contributed by atoms with Gasteiger partial charge in [0.05, 0.1) is 24.5 Å². The van der Waals surface area contributed by atoms with Crippen LogP contribution in [0.25, 0.3) is 11.3 Å². The number of amides is 1. The molecule has 1 aliphatic heterocycles. The molecule has 0 spiro atoms. The van der Waals surface area contributed by atoms with E-state index in [1.165, 1.54) is 16.7 Å². The first-order valence-corrected chi connectivity index (χ1v) is 13.2. The van der Waals surface area contributed by atoms with Crippen molar-refractivity contribution in [1.82, 2.24) is 9.47 Å². The largest absolute Gasteiger partial charge is 0.379 e. The summed E-state index contributed by atoms with van der Waals surface area (Å²) in [7, 11) is -1.05. The van der Waals surface area contributed by atoms with Crippen LogP contribution in [0.2, 0.25) is 0 Å². The maximum atomic E-state index is 13.3. The van der Waals surface area contributed by atoms with Gasteiger partial charge in [0, 0.05) is 65.6 Å². The summed E-state index contributed by atoms with van der Waals surface area (Å²) in [5.74, 6) is -0.138. The first-order chi connectivity index (χ1) is 16.3. The van der Waals surface area contributed by atoms with E-state index in [4.69, 9.17) is 4.74 Å². The summed E-state index contributed by atoms with van der Waals surface area (Å²) in [6.45, 7) is 11.4. The van der Waals surface area contributed by atoms with Crippen LogP contribution in [-0.2, 0) is 22.1 Å². The molecule has 1 N–H and O–H groups in total. The zero-order valence-electron chi connectivity index (χ0n) is 20.4. The van der Waals surface area contributed by atoms with Crippen molar-refractivity contribution in [2.75, 3.05) is 44.4 Å². The topological polar surface area (TPSA) is 63.6 Å². The van der Waals surface area contributed by atoms with Crippen LogP contribution < -0.4 is 5.32 Å². The summed E-state index contributed by atoms with van der Waals surface area (Å²) in [5, 5.41) is 3.01. The Balaban J connectivity index is 1.66. The number of hydrogen-bond donors (Lipinski definition) is 1. The lowest BCUT2D eigenvalue weighted by molar-refractivity contribution is 0.0364. The Morgan fingerprint density at radius 1 is 1.00 bits per heavy atom. The summed E-state index contributed by atoms with van der Waals surface area (Å²) < 4.78 is 19.4. The van der Waals surface area contributed by atoms with E-state index in [1.807, 2.05) is 13.1 Å². The average molecular weight is 480 g/mol. The van der Waals surface area contributed by atoms with Crippen LogP contribution >= 0.6 is 0 Å². The van der Waals surface area contributed by atoms with E-state index in [2.05, 4.69) is 46.8 Å². The second-order valence-corrected chi connectivity index (χ2v) is 10.2. The molecule has 0 radical (unpaired) electrons. The minimum atomic E-state index is -1.05. The van der Waals surface area contributed by atoms with Gasteiger partial charge < -0.3 is 14.6 Å². The van der Waals surface area contributed by atoms with E-state index in [0.717, 1.165) is 55.5 Å². The monoisotopic (exact) mass is 479 g/mol. The molecule has 7 heteroatoms. The summed E-state index contributed by atoms with van der Waals surface area (Å²) in [6.07, 6.45) is 3.63. The second kappa shape index (κ2) is 10.7. The second-order valence-electron chi connectivity index (χ2n) is 8.86. The zero-order chi connectivity index (χ0) is 24.2. The van der Waals surface area contributed by atoms with Gasteiger partial charge in [0.25, 0.3) is 5.91 Å². The molecule has 6 nitrogen and oxygen atoms in total. The fourth-order valence-electron chi connectivity index (χ4n) is 4.59. The van der Waals surface area contributed by atoms with Crippen LogP contribution in [0.1, 0.15) is 27.0 Å². The zero-order valence-corrected chi connectivity index (χ0v) is 21.2. The number of benzene rings is 2. The van der Waals surface area contributed by atoms with Gasteiger partial charge in [-0.15, -0.1) is 0 Å². The lowest BCUT2D eigenvalue weighted by atomic mass is 9.96. The van der Waals surface area contributed by atoms with Gasteiger partial charge in [-0.3, -0.25) is 13.9 Å². The minimum Gasteiger partial charge on any atom is -0.379 e. The van der Waals surface area contributed by atoms with Crippen LogP contribution in [-0.4, -0.2) is 58.7 Å². The number of morpholine rings is 1. The lowest BCUT2D eigenvalue weighted by Crippen LogP contribution is -2.38. The quantitative estimate of drug-likeness (QED) is 0.546. The molecule has 1 unspecified atom stereocenters. The molecule has 3 aromatic rings. The Kier molecular flexibility index (Phi) is 7.66. The van der Waals surface area contributed by atoms with Gasteiger partial charge in [0.2, 0.25) is 0 Å². The van der Waals surface area contributed by atoms with Crippen LogP contribution in [0.3, 0.4) is 0 Å². The molecular formula is C27H33N3O3S. The predicted molar refractivity (Wildman–Crippen MR) is 138 cm³/mol. The molecule has 1 atom stereocenters. The van der Waals surface area contributed by atoms with Gasteiger partial charge in [-0.2, -0.15) is 0 Å². The Labute approximate surface area is 204 Å². The fourth-order valence-corrected chi connectivity index (χ4v) is 5.11. The van der Waals surface area contributed by atoms with Gasteiger partial charge in [-0.05, 0) is 61.7 Å². The number of carbonyl (C=O) groups excluding carboxylic acids is 1. The highest BCUT2D eigenvalue weighted by molar-refractivity contribution is 7.84. The van der Waals surface area contributed by atoms with Crippen LogP contribution in [0.5, 0.6) is 0 Å². The lowest BCUT2D eigenvalue weighted by Gasteiger charge is -2.27. The summed E-state index contributed by atoms with van der Waals surface area (Å²) in [4.78, 5) is 16.5. The molecule has 0 bridgehead atoms.